The van der Waals surface area contributed by atoms with Crippen molar-refractivity contribution in [3.8, 4) is 0 Å². The van der Waals surface area contributed by atoms with Crippen LogP contribution in [0.25, 0.3) is 0 Å². The second kappa shape index (κ2) is 7.89. The molecule has 2 atom stereocenters. The lowest BCUT2D eigenvalue weighted by atomic mass is 9.80. The van der Waals surface area contributed by atoms with Gasteiger partial charge in [-0.15, -0.1) is 0 Å². The number of hydrogen-bond donors (Lipinski definition) is 0. The molecule has 0 aromatic heterocycles. The number of piperidine rings is 1. The van der Waals surface area contributed by atoms with E-state index < -0.39 is 17.4 Å². The SMILES string of the molecule is C[C@@H]1C[C@@]2(CCN1C(=O)OCc1ccccc1)C(=O)CC(=O)N2c1cccc(F)c1. The molecule has 7 heteroatoms. The van der Waals surface area contributed by atoms with Crippen molar-refractivity contribution in [2.45, 2.75) is 44.4 Å². The van der Waals surface area contributed by atoms with Crippen LogP contribution in [-0.4, -0.2) is 40.8 Å². The van der Waals surface area contributed by atoms with Gasteiger partial charge >= 0.3 is 6.09 Å². The van der Waals surface area contributed by atoms with Crippen molar-refractivity contribution in [1.29, 1.82) is 0 Å². The van der Waals surface area contributed by atoms with E-state index >= 15 is 0 Å². The highest BCUT2D eigenvalue weighted by Crippen LogP contribution is 2.42. The molecule has 0 bridgehead atoms. The van der Waals surface area contributed by atoms with Crippen molar-refractivity contribution < 1.29 is 23.5 Å². The van der Waals surface area contributed by atoms with E-state index in [0.717, 1.165) is 5.56 Å². The Morgan fingerprint density at radius 3 is 2.63 bits per heavy atom. The molecule has 0 saturated carbocycles. The largest absolute Gasteiger partial charge is 0.445 e. The van der Waals surface area contributed by atoms with Crippen molar-refractivity contribution in [2.24, 2.45) is 0 Å². The summed E-state index contributed by atoms with van der Waals surface area (Å²) in [6.45, 7) is 2.28. The second-order valence-corrected chi connectivity index (χ2v) is 7.88. The van der Waals surface area contributed by atoms with E-state index in [9.17, 15) is 18.8 Å². The quantitative estimate of drug-likeness (QED) is 0.724. The molecule has 2 fully saturated rings. The molecular weight excluding hydrogens is 387 g/mol. The Hall–Kier alpha value is -3.22. The summed E-state index contributed by atoms with van der Waals surface area (Å²) in [5.74, 6) is -0.983. The van der Waals surface area contributed by atoms with E-state index in [-0.39, 0.29) is 43.7 Å². The van der Waals surface area contributed by atoms with Gasteiger partial charge in [-0.05, 0) is 43.5 Å². The van der Waals surface area contributed by atoms with Crippen molar-refractivity contribution in [3.63, 3.8) is 0 Å². The monoisotopic (exact) mass is 410 g/mol. The highest BCUT2D eigenvalue weighted by atomic mass is 19.1. The average molecular weight is 410 g/mol. The molecule has 2 heterocycles. The first-order valence-corrected chi connectivity index (χ1v) is 10.00. The lowest BCUT2D eigenvalue weighted by molar-refractivity contribution is -0.124. The van der Waals surface area contributed by atoms with Crippen molar-refractivity contribution in [1.82, 2.24) is 4.90 Å². The van der Waals surface area contributed by atoms with Gasteiger partial charge in [-0.2, -0.15) is 0 Å². The van der Waals surface area contributed by atoms with Gasteiger partial charge in [0.25, 0.3) is 0 Å². The van der Waals surface area contributed by atoms with Crippen LogP contribution in [0.15, 0.2) is 54.6 Å². The zero-order chi connectivity index (χ0) is 21.3. The number of ether oxygens (including phenoxy) is 1. The zero-order valence-corrected chi connectivity index (χ0v) is 16.7. The van der Waals surface area contributed by atoms with Crippen LogP contribution in [0.1, 0.15) is 31.7 Å². The Kier molecular flexibility index (Phi) is 5.28. The van der Waals surface area contributed by atoms with E-state index in [1.165, 1.54) is 23.1 Å². The lowest BCUT2D eigenvalue weighted by Gasteiger charge is -2.46. The van der Waals surface area contributed by atoms with E-state index in [2.05, 4.69) is 0 Å². The highest BCUT2D eigenvalue weighted by molar-refractivity contribution is 6.19. The minimum absolute atomic E-state index is 0.168. The number of amides is 2. The fourth-order valence-corrected chi connectivity index (χ4v) is 4.51. The molecule has 2 aromatic carbocycles. The van der Waals surface area contributed by atoms with Gasteiger partial charge in [0.05, 0.1) is 6.42 Å². The average Bonchev–Trinajstić information content (AvgIpc) is 2.96. The number of nitrogens with zero attached hydrogens (tertiary/aromatic N) is 2. The van der Waals surface area contributed by atoms with Crippen molar-refractivity contribution in [3.05, 3.63) is 66.0 Å². The summed E-state index contributed by atoms with van der Waals surface area (Å²) in [5, 5.41) is 0. The number of likely N-dealkylation sites (tertiary alicyclic amines) is 1. The molecular formula is C23H23FN2O4. The van der Waals surface area contributed by atoms with Crippen LogP contribution < -0.4 is 4.90 Å². The number of halogens is 1. The molecule has 2 aliphatic heterocycles. The van der Waals surface area contributed by atoms with E-state index in [4.69, 9.17) is 4.74 Å². The molecule has 0 radical (unpaired) electrons. The van der Waals surface area contributed by atoms with Gasteiger partial charge in [0.2, 0.25) is 5.91 Å². The van der Waals surface area contributed by atoms with Crippen LogP contribution in [0.5, 0.6) is 0 Å². The molecule has 0 unspecified atom stereocenters. The molecule has 30 heavy (non-hydrogen) atoms. The minimum Gasteiger partial charge on any atom is -0.445 e. The van der Waals surface area contributed by atoms with Crippen molar-refractivity contribution >= 4 is 23.5 Å². The molecule has 2 aromatic rings. The Balaban J connectivity index is 1.50. The summed E-state index contributed by atoms with van der Waals surface area (Å²) in [6, 6.07) is 14.8. The predicted molar refractivity (Wildman–Crippen MR) is 108 cm³/mol. The molecule has 0 N–H and O–H groups in total. The Morgan fingerprint density at radius 2 is 1.93 bits per heavy atom. The first kappa shape index (κ1) is 20.1. The number of benzene rings is 2. The van der Waals surface area contributed by atoms with Crippen LogP contribution in [0.3, 0.4) is 0 Å². The molecule has 2 saturated heterocycles. The molecule has 156 valence electrons. The summed E-state index contributed by atoms with van der Waals surface area (Å²) in [7, 11) is 0. The van der Waals surface area contributed by atoms with E-state index in [1.807, 2.05) is 37.3 Å². The second-order valence-electron chi connectivity index (χ2n) is 7.88. The first-order valence-electron chi connectivity index (χ1n) is 10.00. The number of ketones is 1. The van der Waals surface area contributed by atoms with Crippen molar-refractivity contribution in [2.75, 3.05) is 11.4 Å². The maximum Gasteiger partial charge on any atom is 0.410 e. The molecule has 2 amide bonds. The minimum atomic E-state index is -1.06. The third-order valence-electron chi connectivity index (χ3n) is 5.95. The number of rotatable bonds is 3. The lowest BCUT2D eigenvalue weighted by Crippen LogP contribution is -2.60. The maximum absolute atomic E-state index is 13.8. The third-order valence-corrected chi connectivity index (χ3v) is 5.95. The number of carbonyl (C=O) groups excluding carboxylic acids is 3. The van der Waals surface area contributed by atoms with E-state index in [1.54, 1.807) is 11.0 Å². The van der Waals surface area contributed by atoms with Gasteiger partial charge in [0, 0.05) is 18.3 Å². The summed E-state index contributed by atoms with van der Waals surface area (Å²) in [6.07, 6.45) is -0.0787. The van der Waals surface area contributed by atoms with Crippen LogP contribution in [-0.2, 0) is 20.9 Å². The van der Waals surface area contributed by atoms with Gasteiger partial charge in [-0.25, -0.2) is 9.18 Å². The fourth-order valence-electron chi connectivity index (χ4n) is 4.51. The Labute approximate surface area is 174 Å². The zero-order valence-electron chi connectivity index (χ0n) is 16.7. The molecule has 2 aliphatic rings. The van der Waals surface area contributed by atoms with E-state index in [0.29, 0.717) is 12.1 Å². The smallest absolute Gasteiger partial charge is 0.410 e. The van der Waals surface area contributed by atoms with Gasteiger partial charge in [-0.3, -0.25) is 14.5 Å². The molecule has 1 spiro atoms. The van der Waals surface area contributed by atoms with Crippen LogP contribution >= 0.6 is 0 Å². The van der Waals surface area contributed by atoms with Crippen LogP contribution in [0.2, 0.25) is 0 Å². The van der Waals surface area contributed by atoms with Crippen LogP contribution in [0.4, 0.5) is 14.9 Å². The first-order chi connectivity index (χ1) is 14.4. The summed E-state index contributed by atoms with van der Waals surface area (Å²) in [5.41, 5.74) is 0.208. The Bertz CT molecular complexity index is 980. The third kappa shape index (κ3) is 3.56. The topological polar surface area (TPSA) is 66.9 Å². The summed E-state index contributed by atoms with van der Waals surface area (Å²) >= 11 is 0. The number of hydrogen-bond acceptors (Lipinski definition) is 4. The maximum atomic E-state index is 13.8. The fraction of sp³-hybridized carbons (Fsp3) is 0.348. The normalized spacial score (nSPS) is 23.9. The van der Waals surface area contributed by atoms with Gasteiger partial charge in [-0.1, -0.05) is 36.4 Å². The molecule has 0 aliphatic carbocycles. The van der Waals surface area contributed by atoms with Gasteiger partial charge in [0.1, 0.15) is 18.0 Å². The van der Waals surface area contributed by atoms with Crippen LogP contribution in [0, 0.1) is 5.82 Å². The number of Topliss-reactive ketones (excluding diaryl/α,β-unsaturated/α-hetero) is 1. The number of carbonyl (C=O) groups is 3. The standard InChI is InChI=1S/C23H23FN2O4/c1-16-14-23(10-11-25(16)22(29)30-15-17-6-3-2-4-7-17)20(27)13-21(28)26(23)19-9-5-8-18(24)12-19/h2-9,12,16H,10-11,13-15H2,1H3/t16-,23+/m1/s1. The summed E-state index contributed by atoms with van der Waals surface area (Å²) < 4.78 is 19.2. The highest BCUT2D eigenvalue weighted by Gasteiger charge is 2.56. The molecule has 4 rings (SSSR count). The van der Waals surface area contributed by atoms with Gasteiger partial charge < -0.3 is 9.64 Å². The molecule has 6 nitrogen and oxygen atoms in total. The van der Waals surface area contributed by atoms with Gasteiger partial charge in [0.15, 0.2) is 5.78 Å². The number of anilines is 1. The summed E-state index contributed by atoms with van der Waals surface area (Å²) in [4.78, 5) is 41.1. The Morgan fingerprint density at radius 1 is 1.17 bits per heavy atom. The predicted octanol–water partition coefficient (Wildman–Crippen LogP) is 3.69.